The molecule has 0 radical (unpaired) electrons. The molecule has 1 aliphatic heterocycles. The maximum atomic E-state index is 9.30. The van der Waals surface area contributed by atoms with Gasteiger partial charge in [-0.1, -0.05) is 25.5 Å². The topological polar surface area (TPSA) is 29.5 Å². The largest absolute Gasteiger partial charge is 0.368 e. The van der Waals surface area contributed by atoms with Crippen molar-refractivity contribution >= 4 is 0 Å². The molecule has 1 saturated heterocycles. The normalized spacial score (nSPS) is 33.4. The van der Waals surface area contributed by atoms with E-state index in [1.54, 1.807) is 0 Å². The molecule has 1 aliphatic rings. The Labute approximate surface area is 74.2 Å². The van der Waals surface area contributed by atoms with Crippen molar-refractivity contribution in [3.8, 4) is 0 Å². The van der Waals surface area contributed by atoms with Crippen molar-refractivity contribution in [3.05, 3.63) is 11.6 Å². The van der Waals surface area contributed by atoms with Crippen LogP contribution in [0.1, 0.15) is 34.1 Å². The molecular formula is C10H18O2. The van der Waals surface area contributed by atoms with Gasteiger partial charge in [0, 0.05) is 6.42 Å². The molecule has 0 amide bonds. The fourth-order valence-electron chi connectivity index (χ4n) is 1.54. The molecule has 2 atom stereocenters. The van der Waals surface area contributed by atoms with E-state index in [9.17, 15) is 5.11 Å². The molecule has 0 aromatic heterocycles. The smallest absolute Gasteiger partial charge is 0.155 e. The molecule has 0 saturated carbocycles. The van der Waals surface area contributed by atoms with Crippen LogP contribution in [0, 0.1) is 5.41 Å². The van der Waals surface area contributed by atoms with Crippen molar-refractivity contribution in [2.75, 3.05) is 0 Å². The third-order valence-corrected chi connectivity index (χ3v) is 2.26. The fraction of sp³-hybridized carbons (Fsp3) is 0.800. The zero-order valence-electron chi connectivity index (χ0n) is 8.29. The summed E-state index contributed by atoms with van der Waals surface area (Å²) in [5, 5.41) is 9.30. The van der Waals surface area contributed by atoms with Gasteiger partial charge in [0.2, 0.25) is 0 Å². The van der Waals surface area contributed by atoms with Crippen LogP contribution in [0.5, 0.6) is 0 Å². The van der Waals surface area contributed by atoms with Crippen LogP contribution in [0.2, 0.25) is 0 Å². The van der Waals surface area contributed by atoms with E-state index in [0.29, 0.717) is 0 Å². The Bertz CT molecular complexity index is 190. The highest BCUT2D eigenvalue weighted by Crippen LogP contribution is 2.37. The average Bonchev–Trinajstić information content (AvgIpc) is 2.04. The van der Waals surface area contributed by atoms with Crippen LogP contribution in [0.4, 0.5) is 0 Å². The lowest BCUT2D eigenvalue weighted by Gasteiger charge is -2.21. The summed E-state index contributed by atoms with van der Waals surface area (Å²) >= 11 is 0. The van der Waals surface area contributed by atoms with E-state index < -0.39 is 6.29 Å². The van der Waals surface area contributed by atoms with Crippen LogP contribution in [-0.2, 0) is 4.74 Å². The second-order valence-electron chi connectivity index (χ2n) is 4.45. The molecule has 1 heterocycles. The molecule has 0 aliphatic carbocycles. The Morgan fingerprint density at radius 3 is 2.42 bits per heavy atom. The highest BCUT2D eigenvalue weighted by atomic mass is 16.6. The van der Waals surface area contributed by atoms with Gasteiger partial charge >= 0.3 is 0 Å². The number of aliphatic hydroxyl groups is 1. The quantitative estimate of drug-likeness (QED) is 0.610. The molecule has 0 spiro atoms. The molecule has 0 bridgehead atoms. The molecule has 1 rings (SSSR count). The predicted octanol–water partition coefficient (Wildman–Crippen LogP) is 2.09. The molecule has 12 heavy (non-hydrogen) atoms. The van der Waals surface area contributed by atoms with Crippen molar-refractivity contribution < 1.29 is 9.84 Å². The van der Waals surface area contributed by atoms with Crippen LogP contribution in [0.25, 0.3) is 0 Å². The fourth-order valence-corrected chi connectivity index (χ4v) is 1.54. The Hall–Kier alpha value is -0.340. The van der Waals surface area contributed by atoms with E-state index in [2.05, 4.69) is 19.9 Å². The van der Waals surface area contributed by atoms with E-state index >= 15 is 0 Å². The highest BCUT2D eigenvalue weighted by Gasteiger charge is 2.39. The summed E-state index contributed by atoms with van der Waals surface area (Å²) in [5.41, 5.74) is 1.30. The van der Waals surface area contributed by atoms with E-state index in [1.807, 2.05) is 13.8 Å². The SMILES string of the molecule is CC(C)=CC1OC(O)CC1(C)C. The van der Waals surface area contributed by atoms with E-state index in [-0.39, 0.29) is 11.5 Å². The number of rotatable bonds is 1. The zero-order chi connectivity index (χ0) is 9.35. The number of hydrogen-bond acceptors (Lipinski definition) is 2. The first-order valence-electron chi connectivity index (χ1n) is 4.40. The highest BCUT2D eigenvalue weighted by molar-refractivity contribution is 5.05. The number of aliphatic hydroxyl groups excluding tert-OH is 1. The molecule has 2 heteroatoms. The van der Waals surface area contributed by atoms with Gasteiger partial charge in [-0.15, -0.1) is 0 Å². The van der Waals surface area contributed by atoms with Crippen molar-refractivity contribution in [2.24, 2.45) is 5.41 Å². The third kappa shape index (κ3) is 2.08. The lowest BCUT2D eigenvalue weighted by Crippen LogP contribution is -2.22. The number of allylic oxidation sites excluding steroid dienone is 1. The van der Waals surface area contributed by atoms with Gasteiger partial charge in [0.1, 0.15) is 0 Å². The molecule has 2 unspecified atom stereocenters. The standard InChI is InChI=1S/C10H18O2/c1-7(2)5-8-10(3,4)6-9(11)12-8/h5,8-9,11H,6H2,1-4H3. The van der Waals surface area contributed by atoms with Gasteiger partial charge < -0.3 is 9.84 Å². The minimum atomic E-state index is -0.583. The van der Waals surface area contributed by atoms with Gasteiger partial charge in [0.25, 0.3) is 0 Å². The monoisotopic (exact) mass is 170 g/mol. The Kier molecular flexibility index (Phi) is 2.59. The summed E-state index contributed by atoms with van der Waals surface area (Å²) in [7, 11) is 0. The summed E-state index contributed by atoms with van der Waals surface area (Å²) in [5.74, 6) is 0. The van der Waals surface area contributed by atoms with Gasteiger partial charge in [0.05, 0.1) is 6.10 Å². The van der Waals surface area contributed by atoms with Gasteiger partial charge in [-0.3, -0.25) is 0 Å². The van der Waals surface area contributed by atoms with Gasteiger partial charge in [-0.05, 0) is 19.3 Å². The third-order valence-electron chi connectivity index (χ3n) is 2.26. The molecule has 1 N–H and O–H groups in total. The number of ether oxygens (including phenoxy) is 1. The van der Waals surface area contributed by atoms with Crippen LogP contribution < -0.4 is 0 Å². The predicted molar refractivity (Wildman–Crippen MR) is 48.7 cm³/mol. The molecule has 0 aromatic carbocycles. The van der Waals surface area contributed by atoms with Crippen LogP contribution >= 0.6 is 0 Å². The summed E-state index contributed by atoms with van der Waals surface area (Å²) in [6, 6.07) is 0. The van der Waals surface area contributed by atoms with Gasteiger partial charge in [-0.2, -0.15) is 0 Å². The Morgan fingerprint density at radius 1 is 1.50 bits per heavy atom. The second-order valence-corrected chi connectivity index (χ2v) is 4.45. The molecule has 0 aromatic rings. The number of hydrogen-bond donors (Lipinski definition) is 1. The first-order chi connectivity index (χ1) is 5.42. The van der Waals surface area contributed by atoms with E-state index in [4.69, 9.17) is 4.74 Å². The van der Waals surface area contributed by atoms with Crippen molar-refractivity contribution in [1.82, 2.24) is 0 Å². The molecule has 2 nitrogen and oxygen atoms in total. The van der Waals surface area contributed by atoms with Crippen LogP contribution in [0.15, 0.2) is 11.6 Å². The summed E-state index contributed by atoms with van der Waals surface area (Å²) < 4.78 is 5.37. The van der Waals surface area contributed by atoms with Crippen molar-refractivity contribution in [3.63, 3.8) is 0 Å². The van der Waals surface area contributed by atoms with Gasteiger partial charge in [0.15, 0.2) is 6.29 Å². The maximum Gasteiger partial charge on any atom is 0.155 e. The Balaban J connectivity index is 2.72. The van der Waals surface area contributed by atoms with Crippen LogP contribution in [0.3, 0.4) is 0 Å². The molecular weight excluding hydrogens is 152 g/mol. The minimum Gasteiger partial charge on any atom is -0.368 e. The summed E-state index contributed by atoms with van der Waals surface area (Å²) in [6.07, 6.45) is 2.29. The lowest BCUT2D eigenvalue weighted by atomic mass is 9.84. The van der Waals surface area contributed by atoms with E-state index in [1.165, 1.54) is 5.57 Å². The molecule has 1 fully saturated rings. The summed E-state index contributed by atoms with van der Waals surface area (Å²) in [4.78, 5) is 0. The van der Waals surface area contributed by atoms with Gasteiger partial charge in [-0.25, -0.2) is 0 Å². The van der Waals surface area contributed by atoms with Crippen molar-refractivity contribution in [1.29, 1.82) is 0 Å². The van der Waals surface area contributed by atoms with E-state index in [0.717, 1.165) is 6.42 Å². The van der Waals surface area contributed by atoms with Crippen LogP contribution in [-0.4, -0.2) is 17.5 Å². The molecule has 70 valence electrons. The summed E-state index contributed by atoms with van der Waals surface area (Å²) in [6.45, 7) is 8.33. The maximum absolute atomic E-state index is 9.30. The minimum absolute atomic E-state index is 0.0662. The zero-order valence-corrected chi connectivity index (χ0v) is 8.29. The van der Waals surface area contributed by atoms with Crippen molar-refractivity contribution in [2.45, 2.75) is 46.5 Å². The lowest BCUT2D eigenvalue weighted by molar-refractivity contribution is -0.0805. The second kappa shape index (κ2) is 3.19. The first-order valence-corrected chi connectivity index (χ1v) is 4.40. The Morgan fingerprint density at radius 2 is 2.08 bits per heavy atom. The average molecular weight is 170 g/mol. The first kappa shape index (κ1) is 9.75.